The molecule has 0 saturated carbocycles. The molecule has 0 fully saturated rings. The van der Waals surface area contributed by atoms with E-state index in [9.17, 15) is 4.39 Å². The van der Waals surface area contributed by atoms with Gasteiger partial charge < -0.3 is 0 Å². The first kappa shape index (κ1) is 9.12. The molecule has 1 rings (SSSR count). The van der Waals surface area contributed by atoms with E-state index < -0.39 is 5.82 Å². The van der Waals surface area contributed by atoms with Gasteiger partial charge in [0.2, 0.25) is 0 Å². The molecule has 0 bridgehead atoms. The van der Waals surface area contributed by atoms with E-state index in [1.165, 1.54) is 12.1 Å². The summed E-state index contributed by atoms with van der Waals surface area (Å²) in [6.45, 7) is 0. The Bertz CT molecular complexity index is 254. The molecule has 0 saturated heterocycles. The van der Waals surface area contributed by atoms with Crippen LogP contribution in [0, 0.1) is 17.1 Å². The summed E-state index contributed by atoms with van der Waals surface area (Å²) < 4.78 is 12.4. The van der Waals surface area contributed by atoms with E-state index >= 15 is 0 Å². The molecule has 0 aromatic heterocycles. The fraction of sp³-hybridized carbons (Fsp3) is 0. The van der Waals surface area contributed by atoms with Gasteiger partial charge in [-0.05, 0) is 12.1 Å². The van der Waals surface area contributed by atoms with Crippen molar-refractivity contribution < 1.29 is 4.39 Å². The van der Waals surface area contributed by atoms with Gasteiger partial charge in [-0.2, -0.15) is 5.26 Å². The van der Waals surface area contributed by atoms with Gasteiger partial charge in [0.1, 0.15) is 11.9 Å². The van der Waals surface area contributed by atoms with E-state index in [2.05, 4.69) is 0 Å². The van der Waals surface area contributed by atoms with Crippen molar-refractivity contribution >= 4 is 17.0 Å². The van der Waals surface area contributed by atoms with Crippen molar-refractivity contribution in [3.8, 4) is 6.07 Å². The van der Waals surface area contributed by atoms with Crippen molar-refractivity contribution in [3.05, 3.63) is 35.6 Å². The number of hydrogen-bond donors (Lipinski definition) is 0. The molecular weight excluding hydrogens is 197 g/mol. The fourth-order valence-electron chi connectivity index (χ4n) is 0.552. The topological polar surface area (TPSA) is 23.8 Å². The summed E-state index contributed by atoms with van der Waals surface area (Å²) in [4.78, 5) is 0. The second-order valence-corrected chi connectivity index (χ2v) is 1.59. The molecule has 3 heteroatoms. The van der Waals surface area contributed by atoms with Crippen LogP contribution >= 0.6 is 17.0 Å². The Morgan fingerprint density at radius 2 is 1.90 bits per heavy atom. The lowest BCUT2D eigenvalue weighted by atomic mass is 10.2. The van der Waals surface area contributed by atoms with Gasteiger partial charge in [-0.15, -0.1) is 17.0 Å². The molecule has 0 radical (unpaired) electrons. The monoisotopic (exact) mass is 201 g/mol. The summed E-state index contributed by atoms with van der Waals surface area (Å²) in [6.07, 6.45) is 0. The first-order chi connectivity index (χ1) is 4.34. The van der Waals surface area contributed by atoms with Gasteiger partial charge >= 0.3 is 0 Å². The van der Waals surface area contributed by atoms with Gasteiger partial charge in [-0.25, -0.2) is 4.39 Å². The van der Waals surface area contributed by atoms with Crippen LogP contribution in [0.3, 0.4) is 0 Å². The predicted molar refractivity (Wildman–Crippen MR) is 41.4 cm³/mol. The van der Waals surface area contributed by atoms with Crippen LogP contribution in [0.2, 0.25) is 0 Å². The molecule has 0 heterocycles. The van der Waals surface area contributed by atoms with Crippen LogP contribution in [0.5, 0.6) is 0 Å². The highest BCUT2D eigenvalue weighted by molar-refractivity contribution is 8.93. The molecule has 0 aliphatic rings. The third kappa shape index (κ3) is 1.82. The van der Waals surface area contributed by atoms with Crippen LogP contribution < -0.4 is 0 Å². The third-order valence-corrected chi connectivity index (χ3v) is 0.994. The largest absolute Gasteiger partial charge is 0.206 e. The van der Waals surface area contributed by atoms with Crippen molar-refractivity contribution in [3.63, 3.8) is 0 Å². The van der Waals surface area contributed by atoms with Gasteiger partial charge in [-0.1, -0.05) is 12.1 Å². The molecule has 0 aliphatic heterocycles. The maximum atomic E-state index is 12.4. The van der Waals surface area contributed by atoms with Gasteiger partial charge in [0.15, 0.2) is 0 Å². The Balaban J connectivity index is 0.000000810. The molecule has 1 aromatic rings. The maximum absolute atomic E-state index is 12.4. The minimum absolute atomic E-state index is 0. The van der Waals surface area contributed by atoms with E-state index in [1.807, 2.05) is 0 Å². The lowest BCUT2D eigenvalue weighted by molar-refractivity contribution is 0.624. The molecular formula is C7H5BrFN. The van der Waals surface area contributed by atoms with Gasteiger partial charge in [0.25, 0.3) is 0 Å². The van der Waals surface area contributed by atoms with Crippen molar-refractivity contribution in [2.45, 2.75) is 0 Å². The SMILES string of the molecule is Br.N#Cc1ccccc1F. The molecule has 52 valence electrons. The quantitative estimate of drug-likeness (QED) is 0.632. The number of nitriles is 1. The minimum Gasteiger partial charge on any atom is -0.206 e. The van der Waals surface area contributed by atoms with E-state index in [-0.39, 0.29) is 22.5 Å². The standard InChI is InChI=1S/C7H4FN.BrH/c8-7-4-2-1-3-6(7)5-9;/h1-4H;1H. The van der Waals surface area contributed by atoms with Crippen molar-refractivity contribution in [1.29, 1.82) is 5.26 Å². The number of benzene rings is 1. The summed E-state index contributed by atoms with van der Waals surface area (Å²) in [6, 6.07) is 7.60. The lowest BCUT2D eigenvalue weighted by Gasteiger charge is -1.86. The Morgan fingerprint density at radius 1 is 1.30 bits per heavy atom. The first-order valence-corrected chi connectivity index (χ1v) is 2.49. The summed E-state index contributed by atoms with van der Waals surface area (Å²) in [5.41, 5.74) is 0.0949. The van der Waals surface area contributed by atoms with E-state index in [0.717, 1.165) is 0 Å². The van der Waals surface area contributed by atoms with Crippen molar-refractivity contribution in [2.75, 3.05) is 0 Å². The molecule has 1 aromatic carbocycles. The smallest absolute Gasteiger partial charge is 0.140 e. The zero-order chi connectivity index (χ0) is 6.69. The van der Waals surface area contributed by atoms with Crippen molar-refractivity contribution in [1.82, 2.24) is 0 Å². The third-order valence-electron chi connectivity index (χ3n) is 0.994. The average Bonchev–Trinajstić information content (AvgIpc) is 1.89. The molecule has 10 heavy (non-hydrogen) atoms. The van der Waals surface area contributed by atoms with E-state index in [4.69, 9.17) is 5.26 Å². The van der Waals surface area contributed by atoms with Crippen LogP contribution in [-0.4, -0.2) is 0 Å². The summed E-state index contributed by atoms with van der Waals surface area (Å²) >= 11 is 0. The Kier molecular flexibility index (Phi) is 3.67. The zero-order valence-corrected chi connectivity index (χ0v) is 6.76. The number of halogens is 2. The Morgan fingerprint density at radius 3 is 2.30 bits per heavy atom. The number of nitrogens with zero attached hydrogens (tertiary/aromatic N) is 1. The van der Waals surface area contributed by atoms with Gasteiger partial charge in [-0.3, -0.25) is 0 Å². The summed E-state index contributed by atoms with van der Waals surface area (Å²) in [5, 5.41) is 8.23. The van der Waals surface area contributed by atoms with E-state index in [0.29, 0.717) is 0 Å². The van der Waals surface area contributed by atoms with Crippen LogP contribution in [0.4, 0.5) is 4.39 Å². The molecule has 1 nitrogen and oxygen atoms in total. The summed E-state index contributed by atoms with van der Waals surface area (Å²) in [7, 11) is 0. The lowest BCUT2D eigenvalue weighted by Crippen LogP contribution is -1.78. The Labute approximate surface area is 68.9 Å². The average molecular weight is 202 g/mol. The second-order valence-electron chi connectivity index (χ2n) is 1.59. The highest BCUT2D eigenvalue weighted by Crippen LogP contribution is 2.02. The zero-order valence-electron chi connectivity index (χ0n) is 5.04. The minimum atomic E-state index is -0.458. The molecule has 0 aliphatic carbocycles. The number of hydrogen-bond acceptors (Lipinski definition) is 1. The van der Waals surface area contributed by atoms with Crippen LogP contribution in [0.1, 0.15) is 5.56 Å². The molecule has 0 N–H and O–H groups in total. The molecule has 0 amide bonds. The van der Waals surface area contributed by atoms with Gasteiger partial charge in [0.05, 0.1) is 5.56 Å². The second kappa shape index (κ2) is 4.02. The van der Waals surface area contributed by atoms with Crippen LogP contribution in [0.25, 0.3) is 0 Å². The first-order valence-electron chi connectivity index (χ1n) is 2.49. The summed E-state index contributed by atoms with van der Waals surface area (Å²) in [5.74, 6) is -0.458. The predicted octanol–water partition coefficient (Wildman–Crippen LogP) is 2.28. The van der Waals surface area contributed by atoms with Crippen LogP contribution in [0.15, 0.2) is 24.3 Å². The van der Waals surface area contributed by atoms with Gasteiger partial charge in [0, 0.05) is 0 Å². The Hall–Kier alpha value is -0.880. The van der Waals surface area contributed by atoms with E-state index in [1.54, 1.807) is 18.2 Å². The fourth-order valence-corrected chi connectivity index (χ4v) is 0.552. The number of rotatable bonds is 0. The van der Waals surface area contributed by atoms with Crippen molar-refractivity contribution in [2.24, 2.45) is 0 Å². The highest BCUT2D eigenvalue weighted by atomic mass is 79.9. The maximum Gasteiger partial charge on any atom is 0.140 e. The highest BCUT2D eigenvalue weighted by Gasteiger charge is 1.94. The normalized spacial score (nSPS) is 7.60. The molecule has 0 spiro atoms. The molecule has 0 unspecified atom stereocenters. The van der Waals surface area contributed by atoms with Crippen LogP contribution in [-0.2, 0) is 0 Å². The molecule has 0 atom stereocenters.